The Labute approximate surface area is 213 Å². The molecule has 1 N–H and O–H groups in total. The van der Waals surface area contributed by atoms with Crippen LogP contribution in [-0.2, 0) is 16.1 Å². The van der Waals surface area contributed by atoms with Crippen LogP contribution in [0.15, 0.2) is 48.5 Å². The minimum Gasteiger partial charge on any atom is -0.457 e. The Balaban J connectivity index is 1.38. The molecule has 2 aliphatic heterocycles. The molecule has 0 radical (unpaired) electrons. The van der Waals surface area contributed by atoms with Crippen LogP contribution in [0, 0.1) is 11.7 Å². The van der Waals surface area contributed by atoms with Gasteiger partial charge in [0.25, 0.3) is 0 Å². The molecule has 7 heteroatoms. The highest BCUT2D eigenvalue weighted by Crippen LogP contribution is 2.35. The fourth-order valence-electron chi connectivity index (χ4n) is 5.29. The number of carbonyl (C=O) groups is 2. The lowest BCUT2D eigenvalue weighted by Crippen LogP contribution is -2.73. The van der Waals surface area contributed by atoms with Crippen molar-refractivity contribution < 1.29 is 18.7 Å². The van der Waals surface area contributed by atoms with Crippen molar-refractivity contribution in [2.75, 3.05) is 19.6 Å². The number of carbonyl (C=O) groups excluding carboxylic acids is 2. The van der Waals surface area contributed by atoms with Crippen molar-refractivity contribution in [3.05, 3.63) is 59.9 Å². The molecule has 6 nitrogen and oxygen atoms in total. The average molecular weight is 496 g/mol. The number of piperazine rings is 1. The summed E-state index contributed by atoms with van der Waals surface area (Å²) in [7, 11) is 0. The largest absolute Gasteiger partial charge is 0.457 e. The SMILES string of the molecule is CCCCN1C(=O)[C@H](CC(C)C)NC(=O)C12CCN(Cc1ccc(Oc3ccc(F)cc3)cc1)CC2. The molecular weight excluding hydrogens is 457 g/mol. The molecule has 2 heterocycles. The van der Waals surface area contributed by atoms with Gasteiger partial charge in [-0.05, 0) is 73.6 Å². The van der Waals surface area contributed by atoms with Crippen LogP contribution in [0.3, 0.4) is 0 Å². The monoisotopic (exact) mass is 495 g/mol. The molecule has 36 heavy (non-hydrogen) atoms. The van der Waals surface area contributed by atoms with E-state index in [1.165, 1.54) is 12.1 Å². The Bertz CT molecular complexity index is 1030. The van der Waals surface area contributed by atoms with Crippen molar-refractivity contribution in [1.82, 2.24) is 15.1 Å². The van der Waals surface area contributed by atoms with E-state index in [1.54, 1.807) is 12.1 Å². The van der Waals surface area contributed by atoms with Gasteiger partial charge in [-0.1, -0.05) is 39.3 Å². The lowest BCUT2D eigenvalue weighted by molar-refractivity contribution is -0.161. The number of rotatable bonds is 9. The first-order valence-electron chi connectivity index (χ1n) is 13.2. The molecule has 4 rings (SSSR count). The van der Waals surface area contributed by atoms with Gasteiger partial charge in [0, 0.05) is 26.2 Å². The van der Waals surface area contributed by atoms with Crippen molar-refractivity contribution in [2.45, 2.75) is 71.0 Å². The summed E-state index contributed by atoms with van der Waals surface area (Å²) in [5.74, 6) is 1.44. The maximum atomic E-state index is 13.4. The van der Waals surface area contributed by atoms with Crippen LogP contribution < -0.4 is 10.1 Å². The zero-order valence-corrected chi connectivity index (χ0v) is 21.6. The van der Waals surface area contributed by atoms with Crippen LogP contribution in [0.5, 0.6) is 11.5 Å². The number of amides is 2. The standard InChI is InChI=1S/C29H38FN3O3/c1-4-5-16-33-27(34)26(19-21(2)3)31-28(35)29(33)14-17-32(18-15-29)20-22-6-10-24(11-7-22)36-25-12-8-23(30)9-13-25/h6-13,21,26H,4-5,14-20H2,1-3H3,(H,31,35)/t26-/m0/s1. The summed E-state index contributed by atoms with van der Waals surface area (Å²) in [4.78, 5) is 31.1. The molecule has 2 aromatic carbocycles. The number of unbranched alkanes of at least 4 members (excludes halogenated alkanes) is 1. The first kappa shape index (κ1) is 26.1. The smallest absolute Gasteiger partial charge is 0.246 e. The highest BCUT2D eigenvalue weighted by molar-refractivity contribution is 6.00. The molecule has 0 aliphatic carbocycles. The van der Waals surface area contributed by atoms with E-state index in [1.807, 2.05) is 29.2 Å². The first-order chi connectivity index (χ1) is 17.3. The predicted molar refractivity (Wildman–Crippen MR) is 138 cm³/mol. The molecule has 2 aromatic rings. The minimum absolute atomic E-state index is 0.0193. The molecule has 194 valence electrons. The van der Waals surface area contributed by atoms with E-state index in [-0.39, 0.29) is 17.6 Å². The molecule has 0 saturated carbocycles. The van der Waals surface area contributed by atoms with Gasteiger partial charge in [0.15, 0.2) is 0 Å². The number of piperidine rings is 1. The van der Waals surface area contributed by atoms with E-state index >= 15 is 0 Å². The van der Waals surface area contributed by atoms with Gasteiger partial charge in [0.2, 0.25) is 11.8 Å². The van der Waals surface area contributed by atoms with Gasteiger partial charge < -0.3 is 15.0 Å². The number of likely N-dealkylation sites (tertiary alicyclic amines) is 1. The van der Waals surface area contributed by atoms with Gasteiger partial charge in [-0.15, -0.1) is 0 Å². The molecule has 0 aromatic heterocycles. The lowest BCUT2D eigenvalue weighted by Gasteiger charge is -2.52. The number of hydrogen-bond acceptors (Lipinski definition) is 4. The fourth-order valence-corrected chi connectivity index (χ4v) is 5.29. The van der Waals surface area contributed by atoms with Crippen LogP contribution in [0.2, 0.25) is 0 Å². The Hall–Kier alpha value is -2.93. The van der Waals surface area contributed by atoms with Crippen molar-refractivity contribution in [3.8, 4) is 11.5 Å². The molecule has 1 spiro atoms. The molecule has 2 aliphatic rings. The summed E-state index contributed by atoms with van der Waals surface area (Å²) in [5, 5.41) is 3.07. The Morgan fingerprint density at radius 2 is 1.64 bits per heavy atom. The quantitative estimate of drug-likeness (QED) is 0.524. The van der Waals surface area contributed by atoms with Crippen LogP contribution in [-0.4, -0.2) is 52.8 Å². The van der Waals surface area contributed by atoms with Gasteiger partial charge >= 0.3 is 0 Å². The van der Waals surface area contributed by atoms with Crippen molar-refractivity contribution in [2.24, 2.45) is 5.92 Å². The topological polar surface area (TPSA) is 61.9 Å². The van der Waals surface area contributed by atoms with Gasteiger partial charge in [0.05, 0.1) is 0 Å². The van der Waals surface area contributed by atoms with E-state index in [0.29, 0.717) is 43.2 Å². The second-order valence-electron chi connectivity index (χ2n) is 10.5. The summed E-state index contributed by atoms with van der Waals surface area (Å²) >= 11 is 0. The fraction of sp³-hybridized carbons (Fsp3) is 0.517. The Morgan fingerprint density at radius 1 is 1.03 bits per heavy atom. The lowest BCUT2D eigenvalue weighted by atomic mass is 9.80. The van der Waals surface area contributed by atoms with Crippen LogP contribution in [0.25, 0.3) is 0 Å². The average Bonchev–Trinajstić information content (AvgIpc) is 2.86. The van der Waals surface area contributed by atoms with Gasteiger partial charge in [-0.3, -0.25) is 14.5 Å². The third kappa shape index (κ3) is 5.89. The molecular formula is C29H38FN3O3. The maximum absolute atomic E-state index is 13.4. The zero-order valence-electron chi connectivity index (χ0n) is 21.6. The molecule has 0 bridgehead atoms. The molecule has 0 unspecified atom stereocenters. The predicted octanol–water partition coefficient (Wildman–Crippen LogP) is 5.13. The van der Waals surface area contributed by atoms with E-state index in [9.17, 15) is 14.0 Å². The Morgan fingerprint density at radius 3 is 2.22 bits per heavy atom. The van der Waals surface area contributed by atoms with Gasteiger partial charge in [-0.25, -0.2) is 4.39 Å². The Kier molecular flexibility index (Phi) is 8.29. The summed E-state index contributed by atoms with van der Waals surface area (Å²) in [6.07, 6.45) is 3.87. The number of benzene rings is 2. The van der Waals surface area contributed by atoms with E-state index in [4.69, 9.17) is 4.74 Å². The minimum atomic E-state index is -0.733. The first-order valence-corrected chi connectivity index (χ1v) is 13.2. The zero-order chi connectivity index (χ0) is 25.7. The summed E-state index contributed by atoms with van der Waals surface area (Å²) in [6, 6.07) is 13.4. The van der Waals surface area contributed by atoms with Crippen molar-refractivity contribution in [1.29, 1.82) is 0 Å². The summed E-state index contributed by atoms with van der Waals surface area (Å²) < 4.78 is 18.9. The molecule has 1 atom stereocenters. The maximum Gasteiger partial charge on any atom is 0.246 e. The summed E-state index contributed by atoms with van der Waals surface area (Å²) in [6.45, 7) is 9.21. The van der Waals surface area contributed by atoms with Crippen molar-refractivity contribution >= 4 is 11.8 Å². The van der Waals surface area contributed by atoms with Crippen molar-refractivity contribution in [3.63, 3.8) is 0 Å². The van der Waals surface area contributed by atoms with E-state index < -0.39 is 11.6 Å². The number of halogens is 1. The normalized spacial score (nSPS) is 20.1. The highest BCUT2D eigenvalue weighted by atomic mass is 19.1. The number of nitrogens with zero attached hydrogens (tertiary/aromatic N) is 2. The third-order valence-corrected chi connectivity index (χ3v) is 7.31. The van der Waals surface area contributed by atoms with Crippen LogP contribution in [0.1, 0.15) is 58.4 Å². The second-order valence-corrected chi connectivity index (χ2v) is 10.5. The molecule has 2 amide bonds. The van der Waals surface area contributed by atoms with E-state index in [0.717, 1.165) is 38.0 Å². The van der Waals surface area contributed by atoms with E-state index in [2.05, 4.69) is 31.0 Å². The third-order valence-electron chi connectivity index (χ3n) is 7.31. The van der Waals surface area contributed by atoms with Gasteiger partial charge in [0.1, 0.15) is 28.9 Å². The van der Waals surface area contributed by atoms with Gasteiger partial charge in [-0.2, -0.15) is 0 Å². The number of hydrogen-bond donors (Lipinski definition) is 1. The highest BCUT2D eigenvalue weighted by Gasteiger charge is 2.53. The molecule has 2 fully saturated rings. The summed E-state index contributed by atoms with van der Waals surface area (Å²) in [5.41, 5.74) is 0.421. The van der Waals surface area contributed by atoms with Crippen LogP contribution >= 0.6 is 0 Å². The number of nitrogens with one attached hydrogen (secondary N) is 1. The number of ether oxygens (including phenoxy) is 1. The molecule has 2 saturated heterocycles. The van der Waals surface area contributed by atoms with Crippen LogP contribution in [0.4, 0.5) is 4.39 Å². The second kappa shape index (κ2) is 11.4.